The van der Waals surface area contributed by atoms with Crippen molar-refractivity contribution in [3.8, 4) is 11.1 Å². The lowest BCUT2D eigenvalue weighted by Crippen LogP contribution is -1.94. The molecule has 0 aliphatic heterocycles. The van der Waals surface area contributed by atoms with Gasteiger partial charge in [0.25, 0.3) is 0 Å². The minimum Gasteiger partial charge on any atom is -0.383 e. The number of nitrogen functional groups attached to an aromatic ring is 1. The Hall–Kier alpha value is -2.56. The van der Waals surface area contributed by atoms with Crippen molar-refractivity contribution in [2.45, 2.75) is 0 Å². The highest BCUT2D eigenvalue weighted by atomic mass is 19.1. The molecule has 0 unspecified atom stereocenters. The summed E-state index contributed by atoms with van der Waals surface area (Å²) in [4.78, 5) is 11.8. The molecule has 2 aromatic heterocycles. The van der Waals surface area contributed by atoms with Gasteiger partial charge in [-0.3, -0.25) is 4.98 Å². The largest absolute Gasteiger partial charge is 0.383 e. The average molecular weight is 240 g/mol. The molecule has 2 heterocycles. The van der Waals surface area contributed by atoms with Crippen LogP contribution in [0.4, 0.5) is 10.2 Å². The quantitative estimate of drug-likeness (QED) is 0.709. The molecule has 0 spiro atoms. The van der Waals surface area contributed by atoms with Crippen molar-refractivity contribution in [3.05, 3.63) is 48.8 Å². The summed E-state index contributed by atoms with van der Waals surface area (Å²) in [6, 6.07) is 7.00. The van der Waals surface area contributed by atoms with E-state index in [1.807, 2.05) is 0 Å². The van der Waals surface area contributed by atoms with Gasteiger partial charge < -0.3 is 5.73 Å². The lowest BCUT2D eigenvalue weighted by Gasteiger charge is -2.05. The molecule has 5 heteroatoms. The molecular formula is C13H9FN4. The Morgan fingerprint density at radius 1 is 1.11 bits per heavy atom. The molecule has 2 N–H and O–H groups in total. The molecule has 3 rings (SSSR count). The topological polar surface area (TPSA) is 64.7 Å². The van der Waals surface area contributed by atoms with Crippen LogP contribution in [0, 0.1) is 5.82 Å². The van der Waals surface area contributed by atoms with Crippen LogP contribution in [0.25, 0.3) is 22.0 Å². The van der Waals surface area contributed by atoms with E-state index in [4.69, 9.17) is 5.73 Å². The highest BCUT2D eigenvalue weighted by Crippen LogP contribution is 2.26. The Balaban J connectivity index is 2.26. The van der Waals surface area contributed by atoms with E-state index < -0.39 is 0 Å². The van der Waals surface area contributed by atoms with Crippen molar-refractivity contribution in [2.24, 2.45) is 0 Å². The van der Waals surface area contributed by atoms with Crippen LogP contribution in [0.5, 0.6) is 0 Å². The molecule has 0 fully saturated rings. The SMILES string of the molecule is Nc1ncnc2ccc(-c3ccncc3F)cc12. The van der Waals surface area contributed by atoms with Crippen molar-refractivity contribution in [1.29, 1.82) is 0 Å². The fourth-order valence-corrected chi connectivity index (χ4v) is 1.85. The van der Waals surface area contributed by atoms with Crippen LogP contribution < -0.4 is 5.73 Å². The van der Waals surface area contributed by atoms with Gasteiger partial charge in [0.05, 0.1) is 11.7 Å². The van der Waals surface area contributed by atoms with E-state index in [2.05, 4.69) is 15.0 Å². The minimum atomic E-state index is -0.368. The highest BCUT2D eigenvalue weighted by Gasteiger charge is 2.07. The minimum absolute atomic E-state index is 0.368. The molecule has 4 nitrogen and oxygen atoms in total. The maximum atomic E-state index is 13.7. The molecular weight excluding hydrogens is 231 g/mol. The summed E-state index contributed by atoms with van der Waals surface area (Å²) in [5.41, 5.74) is 7.73. The fourth-order valence-electron chi connectivity index (χ4n) is 1.85. The van der Waals surface area contributed by atoms with E-state index in [1.54, 1.807) is 30.5 Å². The number of aromatic nitrogens is 3. The molecule has 0 bridgehead atoms. The van der Waals surface area contributed by atoms with E-state index in [0.29, 0.717) is 16.8 Å². The fraction of sp³-hybridized carbons (Fsp3) is 0. The van der Waals surface area contributed by atoms with Gasteiger partial charge in [-0.1, -0.05) is 6.07 Å². The van der Waals surface area contributed by atoms with Gasteiger partial charge in [0, 0.05) is 17.1 Å². The second kappa shape index (κ2) is 4.03. The Labute approximate surface area is 102 Å². The number of fused-ring (bicyclic) bond motifs is 1. The van der Waals surface area contributed by atoms with E-state index in [9.17, 15) is 4.39 Å². The Kier molecular flexibility index (Phi) is 2.37. The number of hydrogen-bond donors (Lipinski definition) is 1. The van der Waals surface area contributed by atoms with E-state index in [-0.39, 0.29) is 5.82 Å². The molecule has 3 aromatic rings. The molecule has 18 heavy (non-hydrogen) atoms. The second-order valence-corrected chi connectivity index (χ2v) is 3.85. The predicted molar refractivity (Wildman–Crippen MR) is 67.1 cm³/mol. The lowest BCUT2D eigenvalue weighted by atomic mass is 10.0. The van der Waals surface area contributed by atoms with E-state index >= 15 is 0 Å². The maximum Gasteiger partial charge on any atom is 0.149 e. The lowest BCUT2D eigenvalue weighted by molar-refractivity contribution is 0.625. The van der Waals surface area contributed by atoms with Crippen LogP contribution >= 0.6 is 0 Å². The molecule has 0 saturated carbocycles. The first-order valence-electron chi connectivity index (χ1n) is 5.36. The summed E-state index contributed by atoms with van der Waals surface area (Å²) in [6.45, 7) is 0. The van der Waals surface area contributed by atoms with Crippen LogP contribution in [-0.4, -0.2) is 15.0 Å². The summed E-state index contributed by atoms with van der Waals surface area (Å²) >= 11 is 0. The van der Waals surface area contributed by atoms with Gasteiger partial charge >= 0.3 is 0 Å². The van der Waals surface area contributed by atoms with Gasteiger partial charge in [-0.15, -0.1) is 0 Å². The van der Waals surface area contributed by atoms with Gasteiger partial charge in [0.1, 0.15) is 18.0 Å². The summed E-state index contributed by atoms with van der Waals surface area (Å²) < 4.78 is 13.7. The van der Waals surface area contributed by atoms with Crippen molar-refractivity contribution >= 4 is 16.7 Å². The number of nitrogens with two attached hydrogens (primary N) is 1. The number of benzene rings is 1. The highest BCUT2D eigenvalue weighted by molar-refractivity contribution is 5.91. The molecule has 0 amide bonds. The molecule has 88 valence electrons. The first-order valence-corrected chi connectivity index (χ1v) is 5.36. The van der Waals surface area contributed by atoms with E-state index in [0.717, 1.165) is 11.1 Å². The Morgan fingerprint density at radius 3 is 2.83 bits per heavy atom. The van der Waals surface area contributed by atoms with Crippen LogP contribution in [0.3, 0.4) is 0 Å². The number of halogens is 1. The summed E-state index contributed by atoms with van der Waals surface area (Å²) in [5.74, 6) is 0.0172. The van der Waals surface area contributed by atoms with Gasteiger partial charge in [0.15, 0.2) is 0 Å². The summed E-state index contributed by atoms with van der Waals surface area (Å²) in [7, 11) is 0. The third-order valence-corrected chi connectivity index (χ3v) is 2.75. The zero-order chi connectivity index (χ0) is 12.5. The zero-order valence-corrected chi connectivity index (χ0v) is 9.34. The van der Waals surface area contributed by atoms with Crippen LogP contribution in [0.15, 0.2) is 43.0 Å². The molecule has 0 atom stereocenters. The average Bonchev–Trinajstić information content (AvgIpc) is 2.40. The monoisotopic (exact) mass is 240 g/mol. The van der Waals surface area contributed by atoms with Crippen molar-refractivity contribution in [3.63, 3.8) is 0 Å². The first kappa shape index (κ1) is 10.6. The summed E-state index contributed by atoms with van der Waals surface area (Å²) in [6.07, 6.45) is 4.14. The van der Waals surface area contributed by atoms with Crippen LogP contribution in [0.1, 0.15) is 0 Å². The third kappa shape index (κ3) is 1.66. The van der Waals surface area contributed by atoms with Crippen LogP contribution in [0.2, 0.25) is 0 Å². The number of hydrogen-bond acceptors (Lipinski definition) is 4. The predicted octanol–water partition coefficient (Wildman–Crippen LogP) is 2.41. The molecule has 0 radical (unpaired) electrons. The maximum absolute atomic E-state index is 13.7. The van der Waals surface area contributed by atoms with Gasteiger partial charge in [-0.05, 0) is 23.8 Å². The van der Waals surface area contributed by atoms with Crippen molar-refractivity contribution in [2.75, 3.05) is 5.73 Å². The number of anilines is 1. The molecule has 1 aromatic carbocycles. The smallest absolute Gasteiger partial charge is 0.149 e. The Bertz CT molecular complexity index is 727. The standard InChI is InChI=1S/C13H9FN4/c14-11-6-16-4-3-9(11)8-1-2-12-10(5-8)13(15)18-7-17-12/h1-7H,(H2,15,17,18). The summed E-state index contributed by atoms with van der Waals surface area (Å²) in [5, 5.41) is 0.714. The molecule has 0 aliphatic carbocycles. The molecule has 0 aliphatic rings. The first-order chi connectivity index (χ1) is 8.75. The zero-order valence-electron chi connectivity index (χ0n) is 9.34. The number of pyridine rings is 1. The van der Waals surface area contributed by atoms with Crippen molar-refractivity contribution < 1.29 is 4.39 Å². The van der Waals surface area contributed by atoms with Gasteiger partial charge in [-0.25, -0.2) is 14.4 Å². The number of rotatable bonds is 1. The third-order valence-electron chi connectivity index (χ3n) is 2.75. The number of nitrogens with zero attached hydrogens (tertiary/aromatic N) is 3. The van der Waals surface area contributed by atoms with Gasteiger partial charge in [0.2, 0.25) is 0 Å². The Morgan fingerprint density at radius 2 is 2.00 bits per heavy atom. The van der Waals surface area contributed by atoms with Crippen LogP contribution in [-0.2, 0) is 0 Å². The second-order valence-electron chi connectivity index (χ2n) is 3.85. The van der Waals surface area contributed by atoms with E-state index in [1.165, 1.54) is 12.5 Å². The normalized spacial score (nSPS) is 10.7. The van der Waals surface area contributed by atoms with Gasteiger partial charge in [-0.2, -0.15) is 0 Å². The molecule has 0 saturated heterocycles. The van der Waals surface area contributed by atoms with Crippen molar-refractivity contribution in [1.82, 2.24) is 15.0 Å².